The zero-order valence-corrected chi connectivity index (χ0v) is 19.7. The van der Waals surface area contributed by atoms with Gasteiger partial charge in [-0.15, -0.1) is 11.3 Å². The number of thiophene rings is 1. The van der Waals surface area contributed by atoms with E-state index in [1.165, 1.54) is 22.5 Å². The van der Waals surface area contributed by atoms with Gasteiger partial charge in [-0.2, -0.15) is 11.8 Å². The lowest BCUT2D eigenvalue weighted by molar-refractivity contribution is 0.0959. The van der Waals surface area contributed by atoms with Crippen LogP contribution in [-0.4, -0.2) is 28.2 Å². The molecule has 0 atom stereocenters. The van der Waals surface area contributed by atoms with Gasteiger partial charge in [0.25, 0.3) is 11.5 Å². The lowest BCUT2D eigenvalue weighted by Crippen LogP contribution is -2.25. The van der Waals surface area contributed by atoms with Gasteiger partial charge in [-0.25, -0.2) is 4.98 Å². The number of aryl methyl sites for hydroxylation is 2. The summed E-state index contributed by atoms with van der Waals surface area (Å²) >= 11 is 3.07. The summed E-state index contributed by atoms with van der Waals surface area (Å²) in [6.45, 7) is 4.47. The first kappa shape index (κ1) is 22.3. The minimum absolute atomic E-state index is 0.148. The number of hydrogen-bond acceptors (Lipinski definition) is 5. The molecule has 1 amide bonds. The number of fused-ring (bicyclic) bond motifs is 1. The molecule has 0 spiro atoms. The van der Waals surface area contributed by atoms with Crippen LogP contribution in [0.15, 0.2) is 59.4 Å². The molecule has 0 bridgehead atoms. The van der Waals surface area contributed by atoms with Crippen molar-refractivity contribution in [3.05, 3.63) is 97.9 Å². The fourth-order valence-corrected chi connectivity index (χ4v) is 5.41. The Morgan fingerprint density at radius 3 is 2.56 bits per heavy atom. The average molecular weight is 464 g/mol. The summed E-state index contributed by atoms with van der Waals surface area (Å²) in [6.07, 6.45) is 0.544. The van der Waals surface area contributed by atoms with E-state index in [4.69, 9.17) is 0 Å². The SMILES string of the molecule is Cc1ccc(CSCCNC(=O)c2sc3nc(Cc4ccccc4)[nH]c(=O)c3c2C)cc1. The molecule has 164 valence electrons. The largest absolute Gasteiger partial charge is 0.351 e. The molecule has 5 nitrogen and oxygen atoms in total. The van der Waals surface area contributed by atoms with Gasteiger partial charge < -0.3 is 10.3 Å². The number of aromatic amines is 1. The third-order valence-corrected chi connectivity index (χ3v) is 7.41. The topological polar surface area (TPSA) is 74.8 Å². The number of carbonyl (C=O) groups is 1. The van der Waals surface area contributed by atoms with E-state index in [0.717, 1.165) is 17.1 Å². The highest BCUT2D eigenvalue weighted by molar-refractivity contribution is 7.98. The molecule has 4 aromatic rings. The number of thioether (sulfide) groups is 1. The third kappa shape index (κ3) is 5.29. The number of rotatable bonds is 8. The summed E-state index contributed by atoms with van der Waals surface area (Å²) in [5.74, 6) is 2.20. The number of aromatic nitrogens is 2. The van der Waals surface area contributed by atoms with Crippen LogP contribution in [0.25, 0.3) is 10.2 Å². The minimum Gasteiger partial charge on any atom is -0.351 e. The monoisotopic (exact) mass is 463 g/mol. The zero-order valence-electron chi connectivity index (χ0n) is 18.1. The van der Waals surface area contributed by atoms with Crippen LogP contribution in [-0.2, 0) is 12.2 Å². The molecule has 2 N–H and O–H groups in total. The third-order valence-electron chi connectivity index (χ3n) is 5.19. The molecule has 0 saturated heterocycles. The normalized spacial score (nSPS) is 11.1. The Morgan fingerprint density at radius 1 is 1.06 bits per heavy atom. The Morgan fingerprint density at radius 2 is 1.81 bits per heavy atom. The maximum atomic E-state index is 12.7. The Hall–Kier alpha value is -2.90. The molecule has 7 heteroatoms. The molecule has 0 unspecified atom stereocenters. The van der Waals surface area contributed by atoms with Crippen molar-refractivity contribution in [1.29, 1.82) is 0 Å². The van der Waals surface area contributed by atoms with Crippen molar-refractivity contribution in [2.45, 2.75) is 26.0 Å². The summed E-state index contributed by atoms with van der Waals surface area (Å²) < 4.78 is 0. The van der Waals surface area contributed by atoms with Crippen LogP contribution >= 0.6 is 23.1 Å². The Balaban J connectivity index is 1.39. The molecule has 2 aromatic carbocycles. The number of nitrogens with zero attached hydrogens (tertiary/aromatic N) is 1. The van der Waals surface area contributed by atoms with E-state index in [1.807, 2.05) is 37.3 Å². The van der Waals surface area contributed by atoms with Crippen molar-refractivity contribution >= 4 is 39.2 Å². The van der Waals surface area contributed by atoms with E-state index < -0.39 is 0 Å². The fourth-order valence-electron chi connectivity index (χ4n) is 3.47. The van der Waals surface area contributed by atoms with Crippen molar-refractivity contribution in [2.24, 2.45) is 0 Å². The van der Waals surface area contributed by atoms with E-state index in [0.29, 0.717) is 39.4 Å². The van der Waals surface area contributed by atoms with Crippen molar-refractivity contribution in [1.82, 2.24) is 15.3 Å². The van der Waals surface area contributed by atoms with Crippen molar-refractivity contribution in [3.8, 4) is 0 Å². The first-order valence-corrected chi connectivity index (χ1v) is 12.5. The summed E-state index contributed by atoms with van der Waals surface area (Å²) in [5, 5.41) is 3.49. The van der Waals surface area contributed by atoms with Crippen LogP contribution in [0.4, 0.5) is 0 Å². The predicted molar refractivity (Wildman–Crippen MR) is 134 cm³/mol. The van der Waals surface area contributed by atoms with Crippen molar-refractivity contribution in [3.63, 3.8) is 0 Å². The molecule has 0 aliphatic heterocycles. The second-order valence-electron chi connectivity index (χ2n) is 7.71. The molecular formula is C25H25N3O2S2. The van der Waals surface area contributed by atoms with Crippen molar-refractivity contribution < 1.29 is 4.79 Å². The van der Waals surface area contributed by atoms with Gasteiger partial charge in [-0.05, 0) is 30.5 Å². The molecule has 4 rings (SSSR count). The smallest absolute Gasteiger partial charge is 0.261 e. The summed E-state index contributed by atoms with van der Waals surface area (Å²) in [5.41, 5.74) is 4.11. The van der Waals surface area contributed by atoms with Crippen LogP contribution < -0.4 is 10.9 Å². The highest BCUT2D eigenvalue weighted by Gasteiger charge is 2.19. The molecule has 0 aliphatic rings. The Labute approximate surface area is 195 Å². The summed E-state index contributed by atoms with van der Waals surface area (Å²) in [7, 11) is 0. The summed E-state index contributed by atoms with van der Waals surface area (Å²) in [6, 6.07) is 18.4. The molecule has 32 heavy (non-hydrogen) atoms. The molecule has 0 fully saturated rings. The number of amides is 1. The zero-order chi connectivity index (χ0) is 22.5. The molecular weight excluding hydrogens is 438 g/mol. The molecule has 0 radical (unpaired) electrons. The van der Waals surface area contributed by atoms with Gasteiger partial charge in [0.2, 0.25) is 0 Å². The first-order valence-electron chi connectivity index (χ1n) is 10.5. The Bertz CT molecular complexity index is 1280. The lowest BCUT2D eigenvalue weighted by Gasteiger charge is -2.05. The maximum Gasteiger partial charge on any atom is 0.261 e. The second kappa shape index (κ2) is 10.1. The number of carbonyl (C=O) groups excluding carboxylic acids is 1. The van der Waals surface area contributed by atoms with Crippen LogP contribution in [0.5, 0.6) is 0 Å². The van der Waals surface area contributed by atoms with Crippen LogP contribution in [0.1, 0.15) is 37.7 Å². The van der Waals surface area contributed by atoms with Crippen LogP contribution in [0.3, 0.4) is 0 Å². The van der Waals surface area contributed by atoms with Gasteiger partial charge in [0.1, 0.15) is 10.7 Å². The van der Waals surface area contributed by atoms with Crippen LogP contribution in [0, 0.1) is 13.8 Å². The average Bonchev–Trinajstić information content (AvgIpc) is 3.12. The second-order valence-corrected chi connectivity index (χ2v) is 9.81. The van der Waals surface area contributed by atoms with E-state index in [9.17, 15) is 9.59 Å². The van der Waals surface area contributed by atoms with Crippen LogP contribution in [0.2, 0.25) is 0 Å². The first-order chi connectivity index (χ1) is 15.5. The van der Waals surface area contributed by atoms with Gasteiger partial charge in [0, 0.05) is 24.5 Å². The number of benzene rings is 2. The number of H-pyrrole nitrogens is 1. The number of hydrogen-bond donors (Lipinski definition) is 2. The molecule has 2 heterocycles. The van der Waals surface area contributed by atoms with E-state index in [1.54, 1.807) is 11.8 Å². The van der Waals surface area contributed by atoms with Gasteiger partial charge in [-0.1, -0.05) is 60.2 Å². The van der Waals surface area contributed by atoms with Gasteiger partial charge in [0.05, 0.1) is 10.3 Å². The molecule has 0 aliphatic carbocycles. The predicted octanol–water partition coefficient (Wildman–Crippen LogP) is 4.86. The van der Waals surface area contributed by atoms with Gasteiger partial charge >= 0.3 is 0 Å². The standard InChI is InChI=1S/C25H25N3O2S2/c1-16-8-10-19(11-9-16)15-31-13-12-26-24(30)22-17(2)21-23(29)27-20(28-25(21)32-22)14-18-6-4-3-5-7-18/h3-11H,12-15H2,1-2H3,(H,26,30)(H,27,28,29). The highest BCUT2D eigenvalue weighted by atomic mass is 32.2. The lowest BCUT2D eigenvalue weighted by atomic mass is 10.1. The maximum absolute atomic E-state index is 12.7. The van der Waals surface area contributed by atoms with E-state index >= 15 is 0 Å². The summed E-state index contributed by atoms with van der Waals surface area (Å²) in [4.78, 5) is 34.1. The van der Waals surface area contributed by atoms with Gasteiger partial charge in [0.15, 0.2) is 0 Å². The minimum atomic E-state index is -0.192. The molecule has 0 saturated carbocycles. The Kier molecular flexibility index (Phi) is 7.07. The number of nitrogens with one attached hydrogen (secondary N) is 2. The fraction of sp³-hybridized carbons (Fsp3) is 0.240. The quantitative estimate of drug-likeness (QED) is 0.366. The molecule has 2 aromatic heterocycles. The van der Waals surface area contributed by atoms with Gasteiger partial charge in [-0.3, -0.25) is 9.59 Å². The highest BCUT2D eigenvalue weighted by Crippen LogP contribution is 2.27. The van der Waals surface area contributed by atoms with E-state index in [2.05, 4.69) is 46.5 Å². The van der Waals surface area contributed by atoms with Crippen molar-refractivity contribution in [2.75, 3.05) is 12.3 Å². The van der Waals surface area contributed by atoms with E-state index in [-0.39, 0.29) is 11.5 Å².